The Morgan fingerprint density at radius 2 is 1.89 bits per heavy atom. The van der Waals surface area contributed by atoms with Gasteiger partial charge in [-0.05, 0) is 49.4 Å². The van der Waals surface area contributed by atoms with Crippen molar-refractivity contribution in [1.82, 2.24) is 14.8 Å². The Morgan fingerprint density at radius 1 is 1.11 bits per heavy atom. The summed E-state index contributed by atoms with van der Waals surface area (Å²) in [5.74, 6) is -1.01. The van der Waals surface area contributed by atoms with Gasteiger partial charge in [-0.2, -0.15) is 5.10 Å². The second kappa shape index (κ2) is 7.20. The molecule has 0 spiro atoms. The summed E-state index contributed by atoms with van der Waals surface area (Å²) in [7, 11) is 0. The van der Waals surface area contributed by atoms with E-state index in [1.807, 2.05) is 19.1 Å². The first-order chi connectivity index (χ1) is 13.3. The van der Waals surface area contributed by atoms with E-state index in [4.69, 9.17) is 23.2 Å². The molecule has 4 rings (SSSR count). The lowest BCUT2D eigenvalue weighted by molar-refractivity contribution is 0.0699. The molecule has 28 heavy (non-hydrogen) atoms. The largest absolute Gasteiger partial charge is 0.478 e. The van der Waals surface area contributed by atoms with Crippen LogP contribution in [0.1, 0.15) is 16.1 Å². The minimum atomic E-state index is -1.01. The zero-order chi connectivity index (χ0) is 20.0. The Morgan fingerprint density at radius 3 is 2.61 bits per heavy atom. The Hall–Kier alpha value is -2.41. The van der Waals surface area contributed by atoms with Crippen molar-refractivity contribution in [2.75, 3.05) is 0 Å². The van der Waals surface area contributed by atoms with Crippen LogP contribution < -0.4 is 0 Å². The number of fused-ring (bicyclic) bond motifs is 1. The van der Waals surface area contributed by atoms with Crippen molar-refractivity contribution in [1.29, 1.82) is 0 Å². The molecule has 0 aliphatic rings. The molecule has 5 nitrogen and oxygen atoms in total. The second-order valence-electron chi connectivity index (χ2n) is 6.18. The lowest BCUT2D eigenvalue weighted by Gasteiger charge is -2.09. The molecule has 2 aromatic heterocycles. The predicted octanol–water partition coefficient (Wildman–Crippen LogP) is 6.16. The smallest absolute Gasteiger partial charge is 0.336 e. The van der Waals surface area contributed by atoms with Crippen LogP contribution in [0.2, 0.25) is 10.0 Å². The average molecular weight is 477 g/mol. The molecule has 0 fully saturated rings. The van der Waals surface area contributed by atoms with Crippen LogP contribution in [-0.2, 0) is 0 Å². The molecular weight excluding hydrogens is 465 g/mol. The van der Waals surface area contributed by atoms with E-state index in [0.29, 0.717) is 26.6 Å². The van der Waals surface area contributed by atoms with Gasteiger partial charge in [0.1, 0.15) is 0 Å². The van der Waals surface area contributed by atoms with E-state index in [0.717, 1.165) is 21.4 Å². The van der Waals surface area contributed by atoms with E-state index in [2.05, 4.69) is 26.0 Å². The van der Waals surface area contributed by atoms with Crippen molar-refractivity contribution >= 4 is 56.0 Å². The van der Waals surface area contributed by atoms with Crippen molar-refractivity contribution in [2.24, 2.45) is 0 Å². The topological polar surface area (TPSA) is 68.0 Å². The number of carboxylic acids is 1. The number of carbonyl (C=O) groups is 1. The summed E-state index contributed by atoms with van der Waals surface area (Å²) < 4.78 is 2.51. The molecule has 0 unspecified atom stereocenters. The number of carboxylic acid groups (broad SMARTS) is 1. The number of aromatic nitrogens is 3. The van der Waals surface area contributed by atoms with Crippen LogP contribution in [0.15, 0.2) is 53.1 Å². The van der Waals surface area contributed by atoms with Gasteiger partial charge in [-0.25, -0.2) is 14.5 Å². The lowest BCUT2D eigenvalue weighted by Crippen LogP contribution is -2.01. The van der Waals surface area contributed by atoms with E-state index in [1.54, 1.807) is 41.2 Å². The molecule has 0 saturated carbocycles. The quantitative estimate of drug-likeness (QED) is 0.384. The van der Waals surface area contributed by atoms with Crippen LogP contribution in [0.5, 0.6) is 0 Å². The van der Waals surface area contributed by atoms with Gasteiger partial charge in [-0.15, -0.1) is 0 Å². The summed E-state index contributed by atoms with van der Waals surface area (Å²) in [6, 6.07) is 12.2. The number of halogens is 3. The molecule has 0 saturated heterocycles. The molecule has 2 aromatic carbocycles. The average Bonchev–Trinajstić information content (AvgIpc) is 3.04. The van der Waals surface area contributed by atoms with Crippen LogP contribution in [0.3, 0.4) is 0 Å². The van der Waals surface area contributed by atoms with Gasteiger partial charge < -0.3 is 5.11 Å². The lowest BCUT2D eigenvalue weighted by atomic mass is 10.0. The van der Waals surface area contributed by atoms with Crippen LogP contribution in [0.4, 0.5) is 0 Å². The fraction of sp³-hybridized carbons (Fsp3) is 0.0500. The molecule has 0 atom stereocenters. The van der Waals surface area contributed by atoms with Crippen LogP contribution in [0.25, 0.3) is 27.8 Å². The van der Waals surface area contributed by atoms with Crippen molar-refractivity contribution in [2.45, 2.75) is 6.92 Å². The number of benzene rings is 2. The van der Waals surface area contributed by atoms with E-state index < -0.39 is 5.97 Å². The van der Waals surface area contributed by atoms with Gasteiger partial charge in [0.15, 0.2) is 0 Å². The van der Waals surface area contributed by atoms with Crippen molar-refractivity contribution < 1.29 is 9.90 Å². The number of aromatic carboxylic acids is 1. The third kappa shape index (κ3) is 3.28. The number of pyridine rings is 1. The summed E-state index contributed by atoms with van der Waals surface area (Å²) in [4.78, 5) is 16.4. The first kappa shape index (κ1) is 18.9. The molecule has 0 amide bonds. The molecule has 0 radical (unpaired) electrons. The minimum absolute atomic E-state index is 0.183. The van der Waals surface area contributed by atoms with E-state index in [1.165, 1.54) is 0 Å². The SMILES string of the molecule is Cc1c(-c2cc(C(=O)O)c3cc(Br)ccc3n2)cnn1-c1ccc(Cl)c(Cl)c1. The van der Waals surface area contributed by atoms with Crippen molar-refractivity contribution in [3.8, 4) is 16.9 Å². The number of hydrogen-bond donors (Lipinski definition) is 1. The normalized spacial score (nSPS) is 11.1. The highest BCUT2D eigenvalue weighted by Crippen LogP contribution is 2.31. The monoisotopic (exact) mass is 475 g/mol. The highest BCUT2D eigenvalue weighted by atomic mass is 79.9. The Kier molecular flexibility index (Phi) is 4.87. The van der Waals surface area contributed by atoms with E-state index in [9.17, 15) is 9.90 Å². The van der Waals surface area contributed by atoms with Gasteiger partial charge >= 0.3 is 5.97 Å². The summed E-state index contributed by atoms with van der Waals surface area (Å²) in [6.07, 6.45) is 1.66. The standard InChI is InChI=1S/C20H12BrCl2N3O2/c1-10-15(9-24-26(10)12-3-4-16(22)17(23)7-12)19-8-14(20(27)28)13-6-11(21)2-5-18(13)25-19/h2-9H,1H3,(H,27,28). The van der Waals surface area contributed by atoms with Gasteiger partial charge in [-0.1, -0.05) is 39.1 Å². The maximum atomic E-state index is 11.8. The molecule has 0 aliphatic carbocycles. The van der Waals surface area contributed by atoms with Gasteiger partial charge in [0.25, 0.3) is 0 Å². The zero-order valence-corrected chi connectivity index (χ0v) is 17.5. The van der Waals surface area contributed by atoms with E-state index >= 15 is 0 Å². The van der Waals surface area contributed by atoms with Crippen molar-refractivity contribution in [3.63, 3.8) is 0 Å². The van der Waals surface area contributed by atoms with E-state index in [-0.39, 0.29) is 5.56 Å². The Labute approximate surface area is 178 Å². The molecule has 2 heterocycles. The molecule has 0 aliphatic heterocycles. The molecule has 4 aromatic rings. The highest BCUT2D eigenvalue weighted by molar-refractivity contribution is 9.10. The van der Waals surface area contributed by atoms with Crippen molar-refractivity contribution in [3.05, 3.63) is 74.4 Å². The molecule has 8 heteroatoms. The molecule has 140 valence electrons. The first-order valence-corrected chi connectivity index (χ1v) is 9.74. The summed E-state index contributed by atoms with van der Waals surface area (Å²) in [6.45, 7) is 1.89. The summed E-state index contributed by atoms with van der Waals surface area (Å²) in [5, 5.41) is 15.5. The molecule has 1 N–H and O–H groups in total. The fourth-order valence-corrected chi connectivity index (χ4v) is 3.70. The second-order valence-corrected chi connectivity index (χ2v) is 7.91. The Balaban J connectivity index is 1.89. The molecular formula is C20H12BrCl2N3O2. The number of hydrogen-bond acceptors (Lipinski definition) is 3. The van der Waals surface area contributed by atoms with Crippen LogP contribution in [0, 0.1) is 6.92 Å². The van der Waals surface area contributed by atoms with Crippen LogP contribution in [-0.4, -0.2) is 25.8 Å². The first-order valence-electron chi connectivity index (χ1n) is 8.19. The minimum Gasteiger partial charge on any atom is -0.478 e. The fourth-order valence-electron chi connectivity index (χ4n) is 3.05. The maximum Gasteiger partial charge on any atom is 0.336 e. The number of nitrogens with zero attached hydrogens (tertiary/aromatic N) is 3. The summed E-state index contributed by atoms with van der Waals surface area (Å²) in [5.41, 5.74) is 3.61. The van der Waals surface area contributed by atoms with Gasteiger partial charge in [0.05, 0.1) is 44.4 Å². The van der Waals surface area contributed by atoms with Gasteiger partial charge in [0.2, 0.25) is 0 Å². The maximum absolute atomic E-state index is 11.8. The number of rotatable bonds is 3. The van der Waals surface area contributed by atoms with Gasteiger partial charge in [-0.3, -0.25) is 0 Å². The van der Waals surface area contributed by atoms with Crippen LogP contribution >= 0.6 is 39.1 Å². The third-order valence-electron chi connectivity index (χ3n) is 4.43. The zero-order valence-electron chi connectivity index (χ0n) is 14.4. The third-order valence-corrected chi connectivity index (χ3v) is 5.67. The highest BCUT2D eigenvalue weighted by Gasteiger charge is 2.17. The molecule has 0 bridgehead atoms. The predicted molar refractivity (Wildman–Crippen MR) is 114 cm³/mol. The van der Waals surface area contributed by atoms with Gasteiger partial charge in [0, 0.05) is 15.4 Å². The Bertz CT molecular complexity index is 1250. The summed E-state index contributed by atoms with van der Waals surface area (Å²) >= 11 is 15.5.